The van der Waals surface area contributed by atoms with Gasteiger partial charge in [-0.3, -0.25) is 4.98 Å². The van der Waals surface area contributed by atoms with Gasteiger partial charge in [-0.05, 0) is 36.2 Å². The molecule has 0 aliphatic carbocycles. The number of rotatable bonds is 4. The third-order valence-corrected chi connectivity index (χ3v) is 2.75. The van der Waals surface area contributed by atoms with Gasteiger partial charge in [-0.2, -0.15) is 0 Å². The average Bonchev–Trinajstić information content (AvgIpc) is 2.53. The van der Waals surface area contributed by atoms with Gasteiger partial charge in [-0.1, -0.05) is 30.3 Å². The summed E-state index contributed by atoms with van der Waals surface area (Å²) in [6.45, 7) is 2.05. The van der Waals surface area contributed by atoms with E-state index in [1.165, 1.54) is 0 Å². The van der Waals surface area contributed by atoms with Crippen molar-refractivity contribution in [3.8, 4) is 0 Å². The molecule has 0 aliphatic rings. The summed E-state index contributed by atoms with van der Waals surface area (Å²) in [5.74, 6) is -0.490. The molecule has 0 saturated carbocycles. The molecule has 0 atom stereocenters. The first-order valence-corrected chi connectivity index (χ1v) is 6.26. The number of amidine groups is 1. The Hall–Kier alpha value is -2.69. The van der Waals surface area contributed by atoms with E-state index in [0.717, 1.165) is 12.0 Å². The van der Waals surface area contributed by atoms with Crippen molar-refractivity contribution in [2.24, 2.45) is 10.9 Å². The number of hydrogen-bond donors (Lipinski definition) is 1. The highest BCUT2D eigenvalue weighted by atomic mass is 16.7. The molecular weight excluding hydrogens is 254 g/mol. The number of oxime groups is 1. The number of hydrogen-bond acceptors (Lipinski definition) is 4. The van der Waals surface area contributed by atoms with E-state index in [4.69, 9.17) is 10.6 Å². The summed E-state index contributed by atoms with van der Waals surface area (Å²) in [6.07, 6.45) is 2.50. The van der Waals surface area contributed by atoms with Gasteiger partial charge >= 0.3 is 5.97 Å². The second-order valence-electron chi connectivity index (χ2n) is 4.12. The number of benzene rings is 1. The number of carbonyl (C=O) groups excluding carboxylic acids is 1. The summed E-state index contributed by atoms with van der Waals surface area (Å²) >= 11 is 0. The topological polar surface area (TPSA) is 77.6 Å². The van der Waals surface area contributed by atoms with Crippen LogP contribution in [0.1, 0.15) is 28.5 Å². The quantitative estimate of drug-likeness (QED) is 0.399. The molecule has 0 aliphatic heterocycles. The number of carbonyl (C=O) groups is 1. The Bertz CT molecular complexity index is 607. The van der Waals surface area contributed by atoms with Crippen LogP contribution in [0.25, 0.3) is 0 Å². The number of pyridine rings is 1. The Morgan fingerprint density at radius 2 is 2.00 bits per heavy atom. The van der Waals surface area contributed by atoms with Gasteiger partial charge in [0.05, 0.1) is 5.56 Å². The van der Waals surface area contributed by atoms with Crippen molar-refractivity contribution < 1.29 is 9.63 Å². The molecule has 1 aromatic heterocycles. The Morgan fingerprint density at radius 3 is 2.60 bits per heavy atom. The van der Waals surface area contributed by atoms with Crippen molar-refractivity contribution in [2.75, 3.05) is 0 Å². The van der Waals surface area contributed by atoms with E-state index in [2.05, 4.69) is 10.1 Å². The van der Waals surface area contributed by atoms with Crippen LogP contribution in [0.4, 0.5) is 0 Å². The van der Waals surface area contributed by atoms with Crippen LogP contribution in [0.5, 0.6) is 0 Å². The molecule has 20 heavy (non-hydrogen) atoms. The summed E-state index contributed by atoms with van der Waals surface area (Å²) < 4.78 is 0. The first kappa shape index (κ1) is 13.7. The molecular formula is C15H15N3O2. The minimum absolute atomic E-state index is 0.0594. The lowest BCUT2D eigenvalue weighted by Crippen LogP contribution is -2.16. The minimum atomic E-state index is -0.550. The average molecular weight is 269 g/mol. The van der Waals surface area contributed by atoms with Crippen molar-refractivity contribution in [1.29, 1.82) is 0 Å². The summed E-state index contributed by atoms with van der Waals surface area (Å²) in [6, 6.07) is 12.4. The highest BCUT2D eigenvalue weighted by Gasteiger charge is 2.08. The molecule has 2 aromatic rings. The van der Waals surface area contributed by atoms with E-state index in [9.17, 15) is 4.79 Å². The summed E-state index contributed by atoms with van der Waals surface area (Å²) in [5.41, 5.74) is 7.72. The van der Waals surface area contributed by atoms with Crippen molar-refractivity contribution >= 4 is 11.8 Å². The highest BCUT2D eigenvalue weighted by molar-refractivity contribution is 5.96. The zero-order chi connectivity index (χ0) is 14.4. The van der Waals surface area contributed by atoms with Crippen LogP contribution in [-0.2, 0) is 11.3 Å². The molecule has 1 heterocycles. The Labute approximate surface area is 117 Å². The molecule has 1 aromatic carbocycles. The number of nitrogens with two attached hydrogens (primary N) is 1. The molecule has 0 spiro atoms. The van der Waals surface area contributed by atoms with Gasteiger partial charge in [-0.25, -0.2) is 4.79 Å². The minimum Gasteiger partial charge on any atom is -0.379 e. The third-order valence-electron chi connectivity index (χ3n) is 2.75. The number of nitrogens with zero attached hydrogens (tertiary/aromatic N) is 2. The zero-order valence-electron chi connectivity index (χ0n) is 11.1. The fraction of sp³-hybridized carbons (Fsp3) is 0.133. The second-order valence-corrected chi connectivity index (χ2v) is 4.12. The van der Waals surface area contributed by atoms with Crippen LogP contribution in [0.3, 0.4) is 0 Å². The Balaban J connectivity index is 2.04. The molecule has 102 valence electrons. The van der Waals surface area contributed by atoms with Crippen LogP contribution in [0.15, 0.2) is 53.8 Å². The van der Waals surface area contributed by atoms with Gasteiger partial charge in [0.1, 0.15) is 5.69 Å². The first-order valence-electron chi connectivity index (χ1n) is 6.26. The lowest BCUT2D eigenvalue weighted by atomic mass is 10.1. The summed E-state index contributed by atoms with van der Waals surface area (Å²) in [4.78, 5) is 20.6. The molecule has 0 bridgehead atoms. The summed E-state index contributed by atoms with van der Waals surface area (Å²) in [5, 5.41) is 3.60. The number of aryl methyl sites for hydroxylation is 1. The fourth-order valence-corrected chi connectivity index (χ4v) is 1.58. The van der Waals surface area contributed by atoms with E-state index in [1.807, 2.05) is 19.1 Å². The largest absolute Gasteiger partial charge is 0.379 e. The van der Waals surface area contributed by atoms with Gasteiger partial charge in [0, 0.05) is 6.20 Å². The molecule has 0 radical (unpaired) electrons. The maximum absolute atomic E-state index is 11.8. The van der Waals surface area contributed by atoms with E-state index in [-0.39, 0.29) is 5.84 Å². The predicted octanol–water partition coefficient (Wildman–Crippen LogP) is 2.12. The predicted molar refractivity (Wildman–Crippen MR) is 76.2 cm³/mol. The van der Waals surface area contributed by atoms with E-state index < -0.39 is 5.97 Å². The van der Waals surface area contributed by atoms with Crippen LogP contribution < -0.4 is 5.73 Å². The van der Waals surface area contributed by atoms with Crippen molar-refractivity contribution in [2.45, 2.75) is 13.3 Å². The second kappa shape index (κ2) is 6.47. The normalized spacial score (nSPS) is 11.2. The Kier molecular flexibility index (Phi) is 4.44. The molecule has 0 fully saturated rings. The highest BCUT2D eigenvalue weighted by Crippen LogP contribution is 2.07. The molecule has 2 rings (SSSR count). The monoisotopic (exact) mass is 269 g/mol. The van der Waals surface area contributed by atoms with Crippen molar-refractivity contribution in [3.05, 3.63) is 65.5 Å². The maximum Gasteiger partial charge on any atom is 0.365 e. The van der Waals surface area contributed by atoms with Gasteiger partial charge < -0.3 is 10.6 Å². The van der Waals surface area contributed by atoms with E-state index >= 15 is 0 Å². The lowest BCUT2D eigenvalue weighted by Gasteiger charge is -2.01. The van der Waals surface area contributed by atoms with E-state index in [0.29, 0.717) is 11.3 Å². The van der Waals surface area contributed by atoms with Gasteiger partial charge in [-0.15, -0.1) is 0 Å². The molecule has 5 heteroatoms. The SMILES string of the molecule is CCc1ccc(C(=O)O/N=C(\N)c2ccccn2)cc1. The Morgan fingerprint density at radius 1 is 1.25 bits per heavy atom. The molecule has 0 amide bonds. The van der Waals surface area contributed by atoms with Crippen LogP contribution in [0, 0.1) is 0 Å². The van der Waals surface area contributed by atoms with Gasteiger partial charge in [0.25, 0.3) is 0 Å². The fourth-order valence-electron chi connectivity index (χ4n) is 1.58. The molecule has 0 unspecified atom stereocenters. The standard InChI is InChI=1S/C15H15N3O2/c1-2-11-6-8-12(9-7-11)15(19)20-18-14(16)13-5-3-4-10-17-13/h3-10H,2H2,1H3,(H2,16,18). The zero-order valence-corrected chi connectivity index (χ0v) is 11.1. The van der Waals surface area contributed by atoms with Crippen LogP contribution in [0.2, 0.25) is 0 Å². The third kappa shape index (κ3) is 3.41. The molecule has 2 N–H and O–H groups in total. The van der Waals surface area contributed by atoms with Crippen molar-refractivity contribution in [3.63, 3.8) is 0 Å². The lowest BCUT2D eigenvalue weighted by molar-refractivity contribution is 0.0516. The van der Waals surface area contributed by atoms with Crippen molar-refractivity contribution in [1.82, 2.24) is 4.98 Å². The number of aromatic nitrogens is 1. The van der Waals surface area contributed by atoms with Gasteiger partial charge in [0.15, 0.2) is 5.84 Å². The summed E-state index contributed by atoms with van der Waals surface area (Å²) in [7, 11) is 0. The maximum atomic E-state index is 11.8. The molecule has 0 saturated heterocycles. The molecule has 5 nitrogen and oxygen atoms in total. The first-order chi connectivity index (χ1) is 9.70. The van der Waals surface area contributed by atoms with E-state index in [1.54, 1.807) is 36.5 Å². The van der Waals surface area contributed by atoms with Crippen LogP contribution in [-0.4, -0.2) is 16.8 Å². The van der Waals surface area contributed by atoms with Gasteiger partial charge in [0.2, 0.25) is 0 Å². The smallest absolute Gasteiger partial charge is 0.365 e. The van der Waals surface area contributed by atoms with Crippen LogP contribution >= 0.6 is 0 Å².